The van der Waals surface area contributed by atoms with Crippen LogP contribution in [0, 0.1) is 5.82 Å². The van der Waals surface area contributed by atoms with Gasteiger partial charge in [-0.1, -0.05) is 38.6 Å². The van der Waals surface area contributed by atoms with Gasteiger partial charge in [0.1, 0.15) is 5.82 Å². The number of rotatable bonds is 4. The quantitative estimate of drug-likeness (QED) is 0.775. The molecule has 0 amide bonds. The molecule has 14 heavy (non-hydrogen) atoms. The minimum atomic E-state index is -0.206. The fourth-order valence-electron chi connectivity index (χ4n) is 1.17. The molecule has 0 bridgehead atoms. The highest BCUT2D eigenvalue weighted by molar-refractivity contribution is 5.48. The van der Waals surface area contributed by atoms with Crippen molar-refractivity contribution in [1.82, 2.24) is 5.32 Å². The molecule has 0 radical (unpaired) electrons. The van der Waals surface area contributed by atoms with Gasteiger partial charge in [-0.2, -0.15) is 0 Å². The van der Waals surface area contributed by atoms with Crippen molar-refractivity contribution < 1.29 is 4.39 Å². The van der Waals surface area contributed by atoms with E-state index in [9.17, 15) is 4.39 Å². The Hall–Kier alpha value is -1.15. The van der Waals surface area contributed by atoms with Gasteiger partial charge in [0.2, 0.25) is 0 Å². The highest BCUT2D eigenvalue weighted by Crippen LogP contribution is 2.11. The first-order chi connectivity index (χ1) is 6.63. The molecule has 0 heterocycles. The number of nitrogens with one attached hydrogen (secondary N) is 1. The summed E-state index contributed by atoms with van der Waals surface area (Å²) in [6.07, 6.45) is 1.52. The lowest BCUT2D eigenvalue weighted by Gasteiger charge is -2.08. The maximum Gasteiger partial charge on any atom is 0.130 e. The molecule has 1 rings (SSSR count). The number of hydrogen-bond acceptors (Lipinski definition) is 1. The standard InChI is InChI=1S/C12H16FN/c1-4-11-6-5-10(7-12(11)13)8-14-9(2)3/h4-7,9,14H,1,8H2,2-3H3. The third-order valence-electron chi connectivity index (χ3n) is 2.00. The summed E-state index contributed by atoms with van der Waals surface area (Å²) >= 11 is 0. The Morgan fingerprint density at radius 3 is 2.71 bits per heavy atom. The van der Waals surface area contributed by atoms with E-state index in [2.05, 4.69) is 25.7 Å². The molecular formula is C12H16FN. The van der Waals surface area contributed by atoms with Crippen LogP contribution in [0.5, 0.6) is 0 Å². The van der Waals surface area contributed by atoms with E-state index in [1.165, 1.54) is 6.08 Å². The maximum absolute atomic E-state index is 13.3. The van der Waals surface area contributed by atoms with Crippen molar-refractivity contribution in [3.05, 3.63) is 41.7 Å². The molecule has 0 spiro atoms. The lowest BCUT2D eigenvalue weighted by Crippen LogP contribution is -2.21. The van der Waals surface area contributed by atoms with E-state index in [4.69, 9.17) is 0 Å². The summed E-state index contributed by atoms with van der Waals surface area (Å²) in [5.74, 6) is -0.206. The van der Waals surface area contributed by atoms with E-state index in [-0.39, 0.29) is 5.82 Å². The van der Waals surface area contributed by atoms with E-state index < -0.39 is 0 Å². The fourth-order valence-corrected chi connectivity index (χ4v) is 1.17. The van der Waals surface area contributed by atoms with Gasteiger partial charge < -0.3 is 5.32 Å². The summed E-state index contributed by atoms with van der Waals surface area (Å²) in [7, 11) is 0. The van der Waals surface area contributed by atoms with Crippen LogP contribution in [0.3, 0.4) is 0 Å². The van der Waals surface area contributed by atoms with Gasteiger partial charge in [-0.15, -0.1) is 0 Å². The molecule has 1 aromatic rings. The molecule has 0 saturated heterocycles. The first kappa shape index (κ1) is 10.9. The summed E-state index contributed by atoms with van der Waals surface area (Å²) in [6, 6.07) is 5.62. The normalized spacial score (nSPS) is 10.6. The molecule has 0 saturated carbocycles. The van der Waals surface area contributed by atoms with E-state index in [0.29, 0.717) is 18.2 Å². The summed E-state index contributed by atoms with van der Waals surface area (Å²) < 4.78 is 13.3. The van der Waals surface area contributed by atoms with Gasteiger partial charge in [-0.25, -0.2) is 4.39 Å². The molecule has 1 aromatic carbocycles. The minimum absolute atomic E-state index is 0.206. The van der Waals surface area contributed by atoms with Crippen LogP contribution in [-0.2, 0) is 6.54 Å². The van der Waals surface area contributed by atoms with Crippen molar-refractivity contribution in [3.8, 4) is 0 Å². The molecule has 2 heteroatoms. The Morgan fingerprint density at radius 2 is 2.21 bits per heavy atom. The maximum atomic E-state index is 13.3. The molecule has 1 nitrogen and oxygen atoms in total. The Balaban J connectivity index is 2.71. The van der Waals surface area contributed by atoms with Crippen LogP contribution >= 0.6 is 0 Å². The van der Waals surface area contributed by atoms with Crippen molar-refractivity contribution in [2.45, 2.75) is 26.4 Å². The molecule has 0 atom stereocenters. The highest BCUT2D eigenvalue weighted by Gasteiger charge is 2.00. The average molecular weight is 193 g/mol. The minimum Gasteiger partial charge on any atom is -0.310 e. The van der Waals surface area contributed by atoms with Gasteiger partial charge in [0, 0.05) is 18.2 Å². The Morgan fingerprint density at radius 1 is 1.50 bits per heavy atom. The van der Waals surface area contributed by atoms with Crippen LogP contribution < -0.4 is 5.32 Å². The molecular weight excluding hydrogens is 177 g/mol. The molecule has 0 aliphatic carbocycles. The predicted octanol–water partition coefficient (Wildman–Crippen LogP) is 2.97. The summed E-state index contributed by atoms with van der Waals surface area (Å²) in [5, 5.41) is 3.23. The Bertz CT molecular complexity index is 318. The molecule has 0 aliphatic rings. The lowest BCUT2D eigenvalue weighted by atomic mass is 10.1. The van der Waals surface area contributed by atoms with Crippen LogP contribution in [0.4, 0.5) is 4.39 Å². The second-order valence-corrected chi connectivity index (χ2v) is 3.60. The van der Waals surface area contributed by atoms with E-state index >= 15 is 0 Å². The van der Waals surface area contributed by atoms with Gasteiger partial charge in [-0.3, -0.25) is 0 Å². The largest absolute Gasteiger partial charge is 0.310 e. The fraction of sp³-hybridized carbons (Fsp3) is 0.333. The summed E-state index contributed by atoms with van der Waals surface area (Å²) in [5.41, 5.74) is 1.51. The van der Waals surface area contributed by atoms with Crippen molar-refractivity contribution in [2.75, 3.05) is 0 Å². The van der Waals surface area contributed by atoms with Gasteiger partial charge in [-0.05, 0) is 11.6 Å². The monoisotopic (exact) mass is 193 g/mol. The van der Waals surface area contributed by atoms with Gasteiger partial charge in [0.15, 0.2) is 0 Å². The number of benzene rings is 1. The van der Waals surface area contributed by atoms with Crippen molar-refractivity contribution in [3.63, 3.8) is 0 Å². The van der Waals surface area contributed by atoms with Crippen LogP contribution in [0.25, 0.3) is 6.08 Å². The Labute approximate surface area is 84.6 Å². The van der Waals surface area contributed by atoms with Crippen LogP contribution in [0.2, 0.25) is 0 Å². The molecule has 1 N–H and O–H groups in total. The van der Waals surface area contributed by atoms with E-state index in [0.717, 1.165) is 5.56 Å². The predicted molar refractivity (Wildman–Crippen MR) is 58.5 cm³/mol. The van der Waals surface area contributed by atoms with Crippen molar-refractivity contribution >= 4 is 6.08 Å². The molecule has 0 fully saturated rings. The van der Waals surface area contributed by atoms with E-state index in [1.54, 1.807) is 12.1 Å². The third-order valence-corrected chi connectivity index (χ3v) is 2.00. The van der Waals surface area contributed by atoms with Gasteiger partial charge in [0.25, 0.3) is 0 Å². The third kappa shape index (κ3) is 2.96. The first-order valence-electron chi connectivity index (χ1n) is 4.77. The average Bonchev–Trinajstić information content (AvgIpc) is 2.15. The second-order valence-electron chi connectivity index (χ2n) is 3.60. The number of hydrogen-bond donors (Lipinski definition) is 1. The molecule has 0 aliphatic heterocycles. The molecule has 76 valence electrons. The zero-order chi connectivity index (χ0) is 10.6. The SMILES string of the molecule is C=Cc1ccc(CNC(C)C)cc1F. The number of halogens is 1. The zero-order valence-corrected chi connectivity index (χ0v) is 8.68. The lowest BCUT2D eigenvalue weighted by molar-refractivity contribution is 0.581. The van der Waals surface area contributed by atoms with Crippen molar-refractivity contribution in [1.29, 1.82) is 0 Å². The summed E-state index contributed by atoms with van der Waals surface area (Å²) in [6.45, 7) is 8.37. The smallest absolute Gasteiger partial charge is 0.130 e. The van der Waals surface area contributed by atoms with Crippen molar-refractivity contribution in [2.24, 2.45) is 0 Å². The topological polar surface area (TPSA) is 12.0 Å². The Kier molecular flexibility index (Phi) is 3.84. The van der Waals surface area contributed by atoms with Gasteiger partial charge >= 0.3 is 0 Å². The summed E-state index contributed by atoms with van der Waals surface area (Å²) in [4.78, 5) is 0. The zero-order valence-electron chi connectivity index (χ0n) is 8.68. The van der Waals surface area contributed by atoms with Crippen LogP contribution in [0.1, 0.15) is 25.0 Å². The second kappa shape index (κ2) is 4.91. The molecule has 0 unspecified atom stereocenters. The van der Waals surface area contributed by atoms with Crippen LogP contribution in [-0.4, -0.2) is 6.04 Å². The van der Waals surface area contributed by atoms with E-state index in [1.807, 2.05) is 6.07 Å². The highest BCUT2D eigenvalue weighted by atomic mass is 19.1. The first-order valence-corrected chi connectivity index (χ1v) is 4.77. The van der Waals surface area contributed by atoms with Crippen LogP contribution in [0.15, 0.2) is 24.8 Å². The van der Waals surface area contributed by atoms with Gasteiger partial charge in [0.05, 0.1) is 0 Å². The molecule has 0 aromatic heterocycles.